The SMILES string of the molecule is CCCC(=O)Nc1sc2c(c1C#N)CC(C)(C)[NH2+]C2(C)C. The minimum atomic E-state index is -0.0684. The van der Waals surface area contributed by atoms with Crippen molar-refractivity contribution in [2.24, 2.45) is 0 Å². The minimum Gasteiger partial charge on any atom is -0.333 e. The number of rotatable bonds is 3. The number of hydrogen-bond acceptors (Lipinski definition) is 3. The number of carbonyl (C=O) groups excluding carboxylic acids is 1. The van der Waals surface area contributed by atoms with Crippen LogP contribution in [0.4, 0.5) is 5.00 Å². The number of nitriles is 1. The number of thiophene rings is 1. The van der Waals surface area contributed by atoms with Crippen LogP contribution in [0, 0.1) is 11.3 Å². The number of fused-ring (bicyclic) bond motifs is 1. The van der Waals surface area contributed by atoms with Gasteiger partial charge in [0, 0.05) is 12.8 Å². The molecule has 5 heteroatoms. The van der Waals surface area contributed by atoms with Crippen LogP contribution in [0.3, 0.4) is 0 Å². The Kier molecular flexibility index (Phi) is 4.14. The van der Waals surface area contributed by atoms with Gasteiger partial charge in [-0.3, -0.25) is 4.79 Å². The lowest BCUT2D eigenvalue weighted by Crippen LogP contribution is -3.03. The Morgan fingerprint density at radius 2 is 2.10 bits per heavy atom. The molecule has 0 saturated carbocycles. The van der Waals surface area contributed by atoms with Gasteiger partial charge >= 0.3 is 0 Å². The van der Waals surface area contributed by atoms with Gasteiger partial charge < -0.3 is 10.6 Å². The number of anilines is 1. The van der Waals surface area contributed by atoms with Crippen molar-refractivity contribution in [2.75, 3.05) is 5.32 Å². The standard InChI is InChI=1S/C16H23N3OS/c1-6-7-12(20)18-14-11(9-17)10-8-15(2,3)19-16(4,5)13(10)21-14/h19H,6-8H2,1-5H3,(H,18,20)/p+1. The van der Waals surface area contributed by atoms with Crippen LogP contribution in [0.15, 0.2) is 0 Å². The third kappa shape index (κ3) is 3.12. The Hall–Kier alpha value is -1.38. The molecule has 0 bridgehead atoms. The molecule has 0 aliphatic carbocycles. The molecule has 2 rings (SSSR count). The van der Waals surface area contributed by atoms with Crippen LogP contribution >= 0.6 is 11.3 Å². The third-order valence-corrected chi connectivity index (χ3v) is 5.30. The Morgan fingerprint density at radius 1 is 1.43 bits per heavy atom. The van der Waals surface area contributed by atoms with Gasteiger partial charge in [-0.25, -0.2) is 0 Å². The van der Waals surface area contributed by atoms with Crippen molar-refractivity contribution in [1.29, 1.82) is 5.26 Å². The maximum atomic E-state index is 11.9. The maximum Gasteiger partial charge on any atom is 0.224 e. The molecular formula is C16H24N3OS+. The molecule has 21 heavy (non-hydrogen) atoms. The van der Waals surface area contributed by atoms with Crippen LogP contribution in [0.25, 0.3) is 0 Å². The van der Waals surface area contributed by atoms with Gasteiger partial charge in [-0.1, -0.05) is 6.92 Å². The van der Waals surface area contributed by atoms with Gasteiger partial charge in [-0.15, -0.1) is 11.3 Å². The van der Waals surface area contributed by atoms with E-state index in [9.17, 15) is 10.1 Å². The van der Waals surface area contributed by atoms with E-state index in [1.54, 1.807) is 11.3 Å². The van der Waals surface area contributed by atoms with E-state index in [0.29, 0.717) is 12.0 Å². The molecule has 1 aliphatic heterocycles. The van der Waals surface area contributed by atoms with Crippen molar-refractivity contribution in [1.82, 2.24) is 0 Å². The smallest absolute Gasteiger partial charge is 0.224 e. The summed E-state index contributed by atoms with van der Waals surface area (Å²) >= 11 is 1.56. The highest BCUT2D eigenvalue weighted by Crippen LogP contribution is 2.41. The second-order valence-corrected chi connectivity index (χ2v) is 8.08. The molecule has 0 spiro atoms. The largest absolute Gasteiger partial charge is 0.333 e. The fourth-order valence-electron chi connectivity index (χ4n) is 3.33. The molecule has 4 nitrogen and oxygen atoms in total. The number of quaternary nitrogens is 1. The van der Waals surface area contributed by atoms with Crippen molar-refractivity contribution in [3.05, 3.63) is 16.0 Å². The number of carbonyl (C=O) groups is 1. The van der Waals surface area contributed by atoms with Crippen LogP contribution in [0.1, 0.15) is 63.5 Å². The van der Waals surface area contributed by atoms with E-state index in [4.69, 9.17) is 0 Å². The molecule has 0 atom stereocenters. The molecule has 0 fully saturated rings. The lowest BCUT2D eigenvalue weighted by molar-refractivity contribution is -0.789. The van der Waals surface area contributed by atoms with Gasteiger partial charge in [0.15, 0.2) is 0 Å². The van der Waals surface area contributed by atoms with Crippen molar-refractivity contribution < 1.29 is 10.1 Å². The maximum absolute atomic E-state index is 11.9. The zero-order valence-electron chi connectivity index (χ0n) is 13.5. The summed E-state index contributed by atoms with van der Waals surface area (Å²) in [5.74, 6) is -0.00589. The second kappa shape index (κ2) is 5.43. The highest BCUT2D eigenvalue weighted by molar-refractivity contribution is 7.16. The van der Waals surface area contributed by atoms with E-state index in [2.05, 4.69) is 44.4 Å². The van der Waals surface area contributed by atoms with Crippen molar-refractivity contribution in [3.8, 4) is 6.07 Å². The Morgan fingerprint density at radius 3 is 2.67 bits per heavy atom. The third-order valence-electron chi connectivity index (χ3n) is 3.82. The van der Waals surface area contributed by atoms with Gasteiger partial charge in [0.2, 0.25) is 5.91 Å². The molecule has 0 unspecified atom stereocenters. The number of amides is 1. The van der Waals surface area contributed by atoms with Crippen LogP contribution in [0.5, 0.6) is 0 Å². The highest BCUT2D eigenvalue weighted by Gasteiger charge is 2.44. The normalized spacial score (nSPS) is 18.7. The molecule has 0 radical (unpaired) electrons. The van der Waals surface area contributed by atoms with Crippen molar-refractivity contribution >= 4 is 22.2 Å². The van der Waals surface area contributed by atoms with E-state index in [1.807, 2.05) is 6.92 Å². The van der Waals surface area contributed by atoms with Crippen LogP contribution in [-0.2, 0) is 16.8 Å². The number of nitrogens with one attached hydrogen (secondary N) is 1. The second-order valence-electron chi connectivity index (χ2n) is 7.06. The predicted octanol–water partition coefficient (Wildman–Crippen LogP) is 2.49. The van der Waals surface area contributed by atoms with Crippen LogP contribution in [0.2, 0.25) is 0 Å². The molecule has 1 amide bonds. The lowest BCUT2D eigenvalue weighted by atomic mass is 9.81. The molecule has 1 aliphatic rings. The van der Waals surface area contributed by atoms with Gasteiger partial charge in [0.1, 0.15) is 16.6 Å². The van der Waals surface area contributed by atoms with Gasteiger partial charge in [0.05, 0.1) is 16.0 Å². The summed E-state index contributed by atoms with van der Waals surface area (Å²) in [7, 11) is 0. The van der Waals surface area contributed by atoms with Crippen LogP contribution < -0.4 is 10.6 Å². The number of nitrogens with two attached hydrogens (primary N) is 1. The zero-order chi connectivity index (χ0) is 15.8. The predicted molar refractivity (Wildman–Crippen MR) is 85.3 cm³/mol. The van der Waals surface area contributed by atoms with Crippen LogP contribution in [-0.4, -0.2) is 11.4 Å². The summed E-state index contributed by atoms with van der Waals surface area (Å²) in [6, 6.07) is 2.31. The summed E-state index contributed by atoms with van der Waals surface area (Å²) in [4.78, 5) is 13.1. The average molecular weight is 306 g/mol. The van der Waals surface area contributed by atoms with Gasteiger partial charge in [-0.2, -0.15) is 5.26 Å². The first-order valence-corrected chi connectivity index (χ1v) is 8.25. The quantitative estimate of drug-likeness (QED) is 0.901. The molecule has 0 saturated heterocycles. The molecular weight excluding hydrogens is 282 g/mol. The monoisotopic (exact) mass is 306 g/mol. The molecule has 3 N–H and O–H groups in total. The summed E-state index contributed by atoms with van der Waals surface area (Å²) < 4.78 is 0. The Balaban J connectivity index is 2.46. The highest BCUT2D eigenvalue weighted by atomic mass is 32.1. The van der Waals surface area contributed by atoms with E-state index >= 15 is 0 Å². The van der Waals surface area contributed by atoms with E-state index in [0.717, 1.165) is 23.4 Å². The fourth-order valence-corrected chi connectivity index (χ4v) is 4.59. The summed E-state index contributed by atoms with van der Waals surface area (Å²) in [6.07, 6.45) is 2.16. The first-order chi connectivity index (χ1) is 9.70. The number of hydrogen-bond donors (Lipinski definition) is 2. The van der Waals surface area contributed by atoms with Gasteiger partial charge in [-0.05, 0) is 39.7 Å². The number of nitrogens with zero attached hydrogens (tertiary/aromatic N) is 1. The van der Waals surface area contributed by atoms with Gasteiger partial charge in [0.25, 0.3) is 0 Å². The molecule has 0 aromatic carbocycles. The van der Waals surface area contributed by atoms with Crippen molar-refractivity contribution in [3.63, 3.8) is 0 Å². The first kappa shape index (κ1) is 16.0. The zero-order valence-corrected chi connectivity index (χ0v) is 14.3. The summed E-state index contributed by atoms with van der Waals surface area (Å²) in [6.45, 7) is 10.7. The first-order valence-electron chi connectivity index (χ1n) is 7.43. The molecule has 114 valence electrons. The summed E-state index contributed by atoms with van der Waals surface area (Å²) in [5.41, 5.74) is 1.77. The summed E-state index contributed by atoms with van der Waals surface area (Å²) in [5, 5.41) is 15.6. The fraction of sp³-hybridized carbons (Fsp3) is 0.625. The molecule has 1 aromatic heterocycles. The molecule has 2 heterocycles. The van der Waals surface area contributed by atoms with E-state index in [1.165, 1.54) is 4.88 Å². The molecule has 1 aromatic rings. The lowest BCUT2D eigenvalue weighted by Gasteiger charge is -2.38. The Bertz CT molecular complexity index is 608. The minimum absolute atomic E-state index is 0.00589. The van der Waals surface area contributed by atoms with E-state index < -0.39 is 0 Å². The topological polar surface area (TPSA) is 69.5 Å². The van der Waals surface area contributed by atoms with Crippen molar-refractivity contribution in [2.45, 2.75) is 65.0 Å². The van der Waals surface area contributed by atoms with E-state index in [-0.39, 0.29) is 17.0 Å². The average Bonchev–Trinajstić information content (AvgIpc) is 2.65. The Labute approximate surface area is 130 Å².